The van der Waals surface area contributed by atoms with Crippen LogP contribution in [-0.4, -0.2) is 18.4 Å². The maximum absolute atomic E-state index is 13.1. The summed E-state index contributed by atoms with van der Waals surface area (Å²) >= 11 is 1.67. The highest BCUT2D eigenvalue weighted by Gasteiger charge is 2.43. The summed E-state index contributed by atoms with van der Waals surface area (Å²) in [5.41, 5.74) is 1.25. The van der Waals surface area contributed by atoms with Crippen molar-refractivity contribution in [1.82, 2.24) is 0 Å². The minimum atomic E-state index is -0.395. The van der Waals surface area contributed by atoms with Gasteiger partial charge in [0, 0.05) is 29.2 Å². The Bertz CT molecular complexity index is 779. The molecule has 1 aliphatic heterocycles. The van der Waals surface area contributed by atoms with Gasteiger partial charge in [-0.15, -0.1) is 11.3 Å². The molecule has 0 atom stereocenters. The van der Waals surface area contributed by atoms with Crippen LogP contribution in [0.15, 0.2) is 41.8 Å². The molecule has 2 fully saturated rings. The van der Waals surface area contributed by atoms with Crippen LogP contribution in [0.25, 0.3) is 0 Å². The van der Waals surface area contributed by atoms with Gasteiger partial charge in [0.05, 0.1) is 5.41 Å². The van der Waals surface area contributed by atoms with Gasteiger partial charge in [-0.25, -0.2) is 0 Å². The number of carbonyl (C=O) groups is 2. The quantitative estimate of drug-likeness (QED) is 0.889. The number of rotatable bonds is 4. The summed E-state index contributed by atoms with van der Waals surface area (Å²) in [5.74, 6) is 0.242. The third kappa shape index (κ3) is 2.97. The topological polar surface area (TPSA) is 49.4 Å². The molecule has 1 aromatic carbocycles. The third-order valence-corrected chi connectivity index (χ3v) is 6.45. The lowest BCUT2D eigenvalue weighted by atomic mass is 9.83. The van der Waals surface area contributed by atoms with Crippen LogP contribution in [0.4, 0.5) is 11.4 Å². The molecule has 1 aromatic heterocycles. The van der Waals surface area contributed by atoms with E-state index >= 15 is 0 Å². The van der Waals surface area contributed by atoms with Crippen LogP contribution in [0.5, 0.6) is 0 Å². The molecule has 0 unspecified atom stereocenters. The fourth-order valence-electron chi connectivity index (χ4n) is 4.04. The number of thiophene rings is 1. The van der Waals surface area contributed by atoms with Crippen LogP contribution in [0.3, 0.4) is 0 Å². The fraction of sp³-hybridized carbons (Fsp3) is 0.400. The molecule has 4 rings (SSSR count). The number of nitrogens with one attached hydrogen (secondary N) is 1. The highest BCUT2D eigenvalue weighted by Crippen LogP contribution is 2.44. The predicted molar refractivity (Wildman–Crippen MR) is 101 cm³/mol. The molecule has 130 valence electrons. The molecule has 1 aliphatic carbocycles. The Balaban J connectivity index is 1.57. The van der Waals surface area contributed by atoms with Crippen LogP contribution < -0.4 is 10.2 Å². The first-order valence-electron chi connectivity index (χ1n) is 8.95. The zero-order valence-corrected chi connectivity index (χ0v) is 15.0. The number of hydrogen-bond donors (Lipinski definition) is 1. The maximum Gasteiger partial charge on any atom is 0.235 e. The first-order valence-corrected chi connectivity index (χ1v) is 9.83. The smallest absolute Gasteiger partial charge is 0.235 e. The van der Waals surface area contributed by atoms with E-state index in [0.29, 0.717) is 6.42 Å². The van der Waals surface area contributed by atoms with Crippen molar-refractivity contribution in [2.75, 3.05) is 16.8 Å². The van der Waals surface area contributed by atoms with Gasteiger partial charge in [-0.2, -0.15) is 0 Å². The number of hydrogen-bond acceptors (Lipinski definition) is 3. The van der Waals surface area contributed by atoms with Crippen molar-refractivity contribution in [3.63, 3.8) is 0 Å². The first-order chi connectivity index (χ1) is 12.2. The molecule has 0 spiro atoms. The van der Waals surface area contributed by atoms with E-state index in [0.717, 1.165) is 54.9 Å². The van der Waals surface area contributed by atoms with Crippen molar-refractivity contribution in [2.24, 2.45) is 0 Å². The van der Waals surface area contributed by atoms with Gasteiger partial charge >= 0.3 is 0 Å². The Morgan fingerprint density at radius 2 is 1.96 bits per heavy atom. The standard InChI is InChI=1S/C20H22N2O2S/c23-18-9-4-12-22(18)16-7-3-6-15(14-16)21-19(24)20(10-1-2-11-20)17-8-5-13-25-17/h3,5-8,13-14H,1-2,4,9-12H2,(H,21,24). The summed E-state index contributed by atoms with van der Waals surface area (Å²) in [6.45, 7) is 0.759. The van der Waals surface area contributed by atoms with E-state index in [1.54, 1.807) is 16.2 Å². The van der Waals surface area contributed by atoms with E-state index in [-0.39, 0.29) is 11.8 Å². The SMILES string of the molecule is O=C1CCCN1c1cccc(NC(=O)C2(c3cccs3)CCCC2)c1. The summed E-state index contributed by atoms with van der Waals surface area (Å²) in [6.07, 6.45) is 5.50. The Morgan fingerprint density at radius 3 is 2.64 bits per heavy atom. The molecule has 2 heterocycles. The van der Waals surface area contributed by atoms with Gasteiger partial charge in [-0.05, 0) is 48.9 Å². The summed E-state index contributed by atoms with van der Waals surface area (Å²) < 4.78 is 0. The number of benzene rings is 1. The van der Waals surface area contributed by atoms with Crippen LogP contribution in [0, 0.1) is 0 Å². The summed E-state index contributed by atoms with van der Waals surface area (Å²) in [6, 6.07) is 11.8. The molecule has 2 aromatic rings. The zero-order chi connectivity index (χ0) is 17.3. The van der Waals surface area contributed by atoms with Crippen LogP contribution >= 0.6 is 11.3 Å². The fourth-order valence-corrected chi connectivity index (χ4v) is 5.02. The Hall–Kier alpha value is -2.14. The van der Waals surface area contributed by atoms with Gasteiger partial charge in [-0.1, -0.05) is 25.0 Å². The van der Waals surface area contributed by atoms with Gasteiger partial charge in [0.25, 0.3) is 0 Å². The average molecular weight is 354 g/mol. The Morgan fingerprint density at radius 1 is 1.12 bits per heavy atom. The highest BCUT2D eigenvalue weighted by atomic mass is 32.1. The number of nitrogens with zero attached hydrogens (tertiary/aromatic N) is 1. The molecule has 0 bridgehead atoms. The molecule has 0 radical (unpaired) electrons. The van der Waals surface area contributed by atoms with Crippen molar-refractivity contribution < 1.29 is 9.59 Å². The van der Waals surface area contributed by atoms with Gasteiger partial charge in [0.15, 0.2) is 0 Å². The highest BCUT2D eigenvalue weighted by molar-refractivity contribution is 7.10. The molecule has 2 amide bonds. The Kier molecular flexibility index (Phi) is 4.34. The average Bonchev–Trinajstić information content (AvgIpc) is 3.36. The van der Waals surface area contributed by atoms with E-state index in [2.05, 4.69) is 11.4 Å². The van der Waals surface area contributed by atoms with E-state index in [1.165, 1.54) is 0 Å². The minimum absolute atomic E-state index is 0.0809. The third-order valence-electron chi connectivity index (χ3n) is 5.37. The molecular weight excluding hydrogens is 332 g/mol. The van der Waals surface area contributed by atoms with E-state index < -0.39 is 5.41 Å². The number of carbonyl (C=O) groups excluding carboxylic acids is 2. The molecule has 1 saturated heterocycles. The zero-order valence-electron chi connectivity index (χ0n) is 14.2. The second-order valence-electron chi connectivity index (χ2n) is 6.92. The summed E-state index contributed by atoms with van der Waals surface area (Å²) in [5, 5.41) is 5.17. The van der Waals surface area contributed by atoms with Crippen molar-refractivity contribution in [3.05, 3.63) is 46.7 Å². The van der Waals surface area contributed by atoms with Crippen LogP contribution in [0.1, 0.15) is 43.4 Å². The second kappa shape index (κ2) is 6.64. The van der Waals surface area contributed by atoms with Gasteiger partial charge in [0.2, 0.25) is 11.8 Å². The predicted octanol–water partition coefficient (Wildman–Crippen LogP) is 4.33. The van der Waals surface area contributed by atoms with Gasteiger partial charge in [-0.3, -0.25) is 9.59 Å². The van der Waals surface area contributed by atoms with Gasteiger partial charge in [0.1, 0.15) is 0 Å². The van der Waals surface area contributed by atoms with Crippen LogP contribution in [0.2, 0.25) is 0 Å². The summed E-state index contributed by atoms with van der Waals surface area (Å²) in [4.78, 5) is 28.1. The van der Waals surface area contributed by atoms with Crippen molar-refractivity contribution >= 4 is 34.5 Å². The van der Waals surface area contributed by atoms with Crippen LogP contribution in [-0.2, 0) is 15.0 Å². The molecule has 1 N–H and O–H groups in total. The van der Waals surface area contributed by atoms with E-state index in [1.807, 2.05) is 35.7 Å². The van der Waals surface area contributed by atoms with Gasteiger partial charge < -0.3 is 10.2 Å². The minimum Gasteiger partial charge on any atom is -0.325 e. The lowest BCUT2D eigenvalue weighted by Crippen LogP contribution is -2.37. The van der Waals surface area contributed by atoms with E-state index in [4.69, 9.17) is 0 Å². The summed E-state index contributed by atoms with van der Waals surface area (Å²) in [7, 11) is 0. The normalized spacial score (nSPS) is 19.4. The second-order valence-corrected chi connectivity index (χ2v) is 7.87. The van der Waals surface area contributed by atoms with Crippen molar-refractivity contribution in [3.8, 4) is 0 Å². The molecule has 1 saturated carbocycles. The molecule has 2 aliphatic rings. The molecular formula is C20H22N2O2S. The molecule has 4 nitrogen and oxygen atoms in total. The molecule has 25 heavy (non-hydrogen) atoms. The monoisotopic (exact) mass is 354 g/mol. The lowest BCUT2D eigenvalue weighted by Gasteiger charge is -2.27. The number of anilines is 2. The molecule has 5 heteroatoms. The van der Waals surface area contributed by atoms with E-state index in [9.17, 15) is 9.59 Å². The maximum atomic E-state index is 13.1. The first kappa shape index (κ1) is 16.3. The van der Waals surface area contributed by atoms with Crippen molar-refractivity contribution in [1.29, 1.82) is 0 Å². The Labute approximate surface area is 151 Å². The lowest BCUT2D eigenvalue weighted by molar-refractivity contribution is -0.121. The largest absolute Gasteiger partial charge is 0.325 e. The number of amides is 2. The van der Waals surface area contributed by atoms with Crippen molar-refractivity contribution in [2.45, 2.75) is 43.9 Å².